The molecular weight excluding hydrogens is 430 g/mol. The summed E-state index contributed by atoms with van der Waals surface area (Å²) in [4.78, 5) is 2.39. The molecular formula is C27H37N3O4. The van der Waals surface area contributed by atoms with Gasteiger partial charge < -0.3 is 24.4 Å². The molecule has 2 fully saturated rings. The van der Waals surface area contributed by atoms with Gasteiger partial charge in [-0.1, -0.05) is 30.4 Å². The van der Waals surface area contributed by atoms with Crippen LogP contribution in [0.15, 0.2) is 48.6 Å². The Morgan fingerprint density at radius 3 is 2.15 bits per heavy atom. The molecule has 1 aliphatic heterocycles. The minimum atomic E-state index is 0.760. The highest BCUT2D eigenvalue weighted by Crippen LogP contribution is 2.27. The molecule has 34 heavy (non-hydrogen) atoms. The van der Waals surface area contributed by atoms with Crippen molar-refractivity contribution >= 4 is 17.8 Å². The summed E-state index contributed by atoms with van der Waals surface area (Å²) in [6, 6.07) is 11.8. The molecule has 0 aromatic heterocycles. The molecule has 1 aliphatic carbocycles. The van der Waals surface area contributed by atoms with Crippen LogP contribution < -0.4 is 25.1 Å². The van der Waals surface area contributed by atoms with Crippen LogP contribution in [0.1, 0.15) is 24.0 Å². The van der Waals surface area contributed by atoms with E-state index >= 15 is 0 Å². The van der Waals surface area contributed by atoms with E-state index < -0.39 is 0 Å². The lowest BCUT2D eigenvalue weighted by Crippen LogP contribution is -2.41. The lowest BCUT2D eigenvalue weighted by molar-refractivity contribution is 0.0386. The zero-order chi connectivity index (χ0) is 24.2. The van der Waals surface area contributed by atoms with E-state index in [-0.39, 0.29) is 0 Å². The maximum Gasteiger partial charge on any atom is 0.143 e. The third-order valence-electron chi connectivity index (χ3n) is 5.55. The van der Waals surface area contributed by atoms with E-state index in [0.29, 0.717) is 0 Å². The summed E-state index contributed by atoms with van der Waals surface area (Å²) in [7, 11) is 4.97. The maximum absolute atomic E-state index is 5.48. The van der Waals surface area contributed by atoms with Crippen molar-refractivity contribution in [1.29, 1.82) is 0 Å². The Labute approximate surface area is 203 Å². The van der Waals surface area contributed by atoms with Gasteiger partial charge in [-0.05, 0) is 48.2 Å². The van der Waals surface area contributed by atoms with E-state index in [9.17, 15) is 0 Å². The molecule has 7 nitrogen and oxygen atoms in total. The topological polar surface area (TPSA) is 64.2 Å². The normalized spacial score (nSPS) is 15.4. The van der Waals surface area contributed by atoms with Crippen molar-refractivity contribution in [3.63, 3.8) is 0 Å². The van der Waals surface area contributed by atoms with Crippen LogP contribution in [0.25, 0.3) is 12.2 Å². The Balaban J connectivity index is 0.000000732. The maximum atomic E-state index is 5.48. The molecule has 2 aromatic rings. The number of nitrogens with one attached hydrogen (secondary N) is 2. The van der Waals surface area contributed by atoms with Crippen LogP contribution in [0, 0.1) is 0 Å². The predicted octanol–water partition coefficient (Wildman–Crippen LogP) is 4.47. The Bertz CT molecular complexity index is 927. The van der Waals surface area contributed by atoms with Gasteiger partial charge in [-0.3, -0.25) is 4.90 Å². The third kappa shape index (κ3) is 8.74. The Hall–Kier alpha value is -3.00. The van der Waals surface area contributed by atoms with Crippen molar-refractivity contribution < 1.29 is 18.9 Å². The van der Waals surface area contributed by atoms with Crippen molar-refractivity contribution in [2.24, 2.45) is 0 Å². The minimum Gasteiger partial charge on any atom is -0.497 e. The number of hydrogen-bond donors (Lipinski definition) is 2. The fraction of sp³-hybridized carbons (Fsp3) is 0.407. The fourth-order valence-electron chi connectivity index (χ4n) is 3.33. The molecule has 2 aliphatic rings. The molecule has 0 unspecified atom stereocenters. The smallest absolute Gasteiger partial charge is 0.143 e. The number of methoxy groups -OCH3 is 3. The summed E-state index contributed by atoms with van der Waals surface area (Å²) in [5.41, 5.74) is 10.9. The molecule has 2 N–H and O–H groups in total. The SMILES string of the molecule is C=C1CC1.COc1cc(/C=C\c2ccc(OC)c(NNCCN3CCOCC3)c2)cc(OC)c1. The highest BCUT2D eigenvalue weighted by molar-refractivity contribution is 5.74. The monoisotopic (exact) mass is 467 g/mol. The molecule has 1 heterocycles. The van der Waals surface area contributed by atoms with Crippen molar-refractivity contribution in [3.8, 4) is 17.2 Å². The van der Waals surface area contributed by atoms with Gasteiger partial charge in [-0.15, -0.1) is 0 Å². The molecule has 0 spiro atoms. The van der Waals surface area contributed by atoms with Gasteiger partial charge in [0.25, 0.3) is 0 Å². The van der Waals surface area contributed by atoms with E-state index in [1.165, 1.54) is 18.4 Å². The van der Waals surface area contributed by atoms with Crippen molar-refractivity contribution in [2.45, 2.75) is 12.8 Å². The zero-order valence-electron chi connectivity index (χ0n) is 20.6. The Kier molecular flexibility index (Phi) is 10.3. The van der Waals surface area contributed by atoms with Gasteiger partial charge in [0.15, 0.2) is 0 Å². The number of benzene rings is 2. The van der Waals surface area contributed by atoms with E-state index in [1.54, 1.807) is 21.3 Å². The molecule has 184 valence electrons. The summed E-state index contributed by atoms with van der Waals surface area (Å²) < 4.78 is 21.5. The molecule has 4 rings (SSSR count). The summed E-state index contributed by atoms with van der Waals surface area (Å²) in [6.45, 7) is 9.06. The molecule has 0 amide bonds. The second-order valence-electron chi connectivity index (χ2n) is 8.19. The fourth-order valence-corrected chi connectivity index (χ4v) is 3.33. The second kappa shape index (κ2) is 13.6. The van der Waals surface area contributed by atoms with Gasteiger partial charge in [0.1, 0.15) is 17.2 Å². The number of hydrogen-bond acceptors (Lipinski definition) is 7. The van der Waals surface area contributed by atoms with E-state index in [0.717, 1.165) is 73.5 Å². The quantitative estimate of drug-likeness (QED) is 0.231. The number of hydrazine groups is 1. The summed E-state index contributed by atoms with van der Waals surface area (Å²) in [6.07, 6.45) is 6.66. The van der Waals surface area contributed by atoms with E-state index in [2.05, 4.69) is 28.4 Å². The lowest BCUT2D eigenvalue weighted by atomic mass is 10.1. The molecule has 1 saturated carbocycles. The first-order chi connectivity index (χ1) is 16.6. The van der Waals surface area contributed by atoms with Gasteiger partial charge in [-0.2, -0.15) is 0 Å². The first-order valence-corrected chi connectivity index (χ1v) is 11.7. The van der Waals surface area contributed by atoms with Crippen molar-refractivity contribution in [2.75, 3.05) is 66.1 Å². The van der Waals surface area contributed by atoms with Crippen molar-refractivity contribution in [3.05, 3.63) is 59.7 Å². The average molecular weight is 468 g/mol. The molecule has 0 bridgehead atoms. The predicted molar refractivity (Wildman–Crippen MR) is 139 cm³/mol. The number of nitrogens with zero attached hydrogens (tertiary/aromatic N) is 1. The van der Waals surface area contributed by atoms with Gasteiger partial charge in [0, 0.05) is 32.2 Å². The van der Waals surface area contributed by atoms with Crippen LogP contribution in [0.2, 0.25) is 0 Å². The highest BCUT2D eigenvalue weighted by Gasteiger charge is 2.09. The van der Waals surface area contributed by atoms with Gasteiger partial charge in [-0.25, -0.2) is 5.43 Å². The van der Waals surface area contributed by atoms with Crippen LogP contribution in [-0.2, 0) is 4.74 Å². The highest BCUT2D eigenvalue weighted by atomic mass is 16.5. The minimum absolute atomic E-state index is 0.760. The summed E-state index contributed by atoms with van der Waals surface area (Å²) >= 11 is 0. The number of allylic oxidation sites excluding steroid dienone is 1. The van der Waals surface area contributed by atoms with Gasteiger partial charge >= 0.3 is 0 Å². The zero-order valence-corrected chi connectivity index (χ0v) is 20.6. The van der Waals surface area contributed by atoms with E-state index in [1.807, 2.05) is 42.5 Å². The van der Waals surface area contributed by atoms with Crippen LogP contribution in [0.4, 0.5) is 5.69 Å². The largest absolute Gasteiger partial charge is 0.497 e. The molecule has 0 atom stereocenters. The molecule has 0 radical (unpaired) electrons. The molecule has 2 aromatic carbocycles. The Morgan fingerprint density at radius 1 is 0.912 bits per heavy atom. The third-order valence-corrected chi connectivity index (χ3v) is 5.55. The van der Waals surface area contributed by atoms with Crippen LogP contribution >= 0.6 is 0 Å². The van der Waals surface area contributed by atoms with Crippen molar-refractivity contribution in [1.82, 2.24) is 10.3 Å². The lowest BCUT2D eigenvalue weighted by Gasteiger charge is -2.26. The first-order valence-electron chi connectivity index (χ1n) is 11.7. The number of ether oxygens (including phenoxy) is 4. The molecule has 7 heteroatoms. The number of rotatable bonds is 10. The standard InChI is InChI=1S/C23H31N3O4.C4H6/c1-27-20-14-19(15-21(17-20)28-2)5-4-18-6-7-23(29-3)22(16-18)25-24-8-9-26-10-12-30-13-11-26;1-4-2-3-4/h4-7,14-17,24-25H,8-13H2,1-3H3;1-3H2/b5-4-;. The summed E-state index contributed by atoms with van der Waals surface area (Å²) in [5, 5.41) is 0. The van der Waals surface area contributed by atoms with Crippen LogP contribution in [0.3, 0.4) is 0 Å². The average Bonchev–Trinajstić information content (AvgIpc) is 3.68. The number of morpholine rings is 1. The van der Waals surface area contributed by atoms with Gasteiger partial charge in [0.05, 0.1) is 40.2 Å². The van der Waals surface area contributed by atoms with Crippen LogP contribution in [-0.4, -0.2) is 65.6 Å². The van der Waals surface area contributed by atoms with Gasteiger partial charge in [0.2, 0.25) is 0 Å². The first kappa shape index (κ1) is 25.6. The van der Waals surface area contributed by atoms with E-state index in [4.69, 9.17) is 18.9 Å². The second-order valence-corrected chi connectivity index (χ2v) is 8.19. The molecule has 1 saturated heterocycles. The Morgan fingerprint density at radius 2 is 1.56 bits per heavy atom. The summed E-state index contributed by atoms with van der Waals surface area (Å²) in [5.74, 6) is 2.31. The van der Waals surface area contributed by atoms with Crippen LogP contribution in [0.5, 0.6) is 17.2 Å². The number of anilines is 1.